The Kier molecular flexibility index (Phi) is 3.74. The van der Waals surface area contributed by atoms with Crippen LogP contribution in [-0.4, -0.2) is 15.9 Å². The van der Waals surface area contributed by atoms with Gasteiger partial charge in [0.15, 0.2) is 12.1 Å². The molecule has 0 unspecified atom stereocenters. The van der Waals surface area contributed by atoms with Crippen LogP contribution in [0.5, 0.6) is 0 Å². The van der Waals surface area contributed by atoms with Gasteiger partial charge in [0.2, 0.25) is 0 Å². The number of amides is 1. The molecule has 0 spiro atoms. The molecule has 5 heteroatoms. The number of carbonyl (C=O) groups is 1. The zero-order chi connectivity index (χ0) is 17.2. The second-order valence-electron chi connectivity index (χ2n) is 5.71. The number of nitrogens with zero attached hydrogens (tertiary/aromatic N) is 2. The monoisotopic (exact) mass is 329 g/mol. The van der Waals surface area contributed by atoms with Gasteiger partial charge in [-0.25, -0.2) is 4.98 Å². The highest BCUT2D eigenvalue weighted by molar-refractivity contribution is 6.04. The number of anilines is 1. The van der Waals surface area contributed by atoms with E-state index in [1.54, 1.807) is 6.92 Å². The third kappa shape index (κ3) is 2.99. The van der Waals surface area contributed by atoms with Gasteiger partial charge in [0, 0.05) is 22.8 Å². The van der Waals surface area contributed by atoms with Gasteiger partial charge in [0.1, 0.15) is 5.76 Å². The topological polar surface area (TPSA) is 68.0 Å². The smallest absolute Gasteiger partial charge is 0.277 e. The van der Waals surface area contributed by atoms with Crippen molar-refractivity contribution in [3.8, 4) is 11.1 Å². The second-order valence-corrected chi connectivity index (χ2v) is 5.71. The van der Waals surface area contributed by atoms with Crippen LogP contribution in [0, 0.1) is 6.92 Å². The summed E-state index contributed by atoms with van der Waals surface area (Å²) in [5.41, 5.74) is 3.94. The summed E-state index contributed by atoms with van der Waals surface area (Å²) in [7, 11) is 0. The number of fused-ring (bicyclic) bond motifs is 1. The first kappa shape index (κ1) is 15.1. The molecular weight excluding hydrogens is 314 g/mol. The molecule has 1 N–H and O–H groups in total. The third-order valence-electron chi connectivity index (χ3n) is 4.01. The quantitative estimate of drug-likeness (QED) is 0.603. The lowest BCUT2D eigenvalue weighted by molar-refractivity contribution is 0.102. The highest BCUT2D eigenvalue weighted by Crippen LogP contribution is 2.24. The number of carbonyl (C=O) groups excluding carboxylic acids is 1. The molecular formula is C20H15N3O2. The van der Waals surface area contributed by atoms with Gasteiger partial charge in [-0.15, -0.1) is 0 Å². The maximum atomic E-state index is 12.2. The SMILES string of the molecule is Cc1ocnc1C(=O)Nc1ccc2cc(-c3ccccc3)cnc2c1. The van der Waals surface area contributed by atoms with E-state index in [4.69, 9.17) is 4.42 Å². The van der Waals surface area contributed by atoms with Crippen LogP contribution in [0.2, 0.25) is 0 Å². The van der Waals surface area contributed by atoms with Gasteiger partial charge >= 0.3 is 0 Å². The molecule has 25 heavy (non-hydrogen) atoms. The van der Waals surface area contributed by atoms with E-state index in [0.29, 0.717) is 11.4 Å². The molecule has 0 aliphatic rings. The highest BCUT2D eigenvalue weighted by Gasteiger charge is 2.13. The normalized spacial score (nSPS) is 10.8. The summed E-state index contributed by atoms with van der Waals surface area (Å²) in [6, 6.07) is 17.8. The van der Waals surface area contributed by atoms with Crippen LogP contribution in [0.3, 0.4) is 0 Å². The van der Waals surface area contributed by atoms with Crippen LogP contribution in [0.1, 0.15) is 16.2 Å². The molecule has 4 rings (SSSR count). The zero-order valence-corrected chi connectivity index (χ0v) is 13.6. The van der Waals surface area contributed by atoms with Gasteiger partial charge < -0.3 is 9.73 Å². The summed E-state index contributed by atoms with van der Waals surface area (Å²) in [4.78, 5) is 20.7. The maximum Gasteiger partial charge on any atom is 0.277 e. The number of hydrogen-bond donors (Lipinski definition) is 1. The Morgan fingerprint density at radius 2 is 1.84 bits per heavy atom. The molecule has 0 fully saturated rings. The van der Waals surface area contributed by atoms with Gasteiger partial charge in [0.05, 0.1) is 5.52 Å². The minimum atomic E-state index is -0.300. The predicted molar refractivity (Wildman–Crippen MR) is 96.4 cm³/mol. The minimum absolute atomic E-state index is 0.285. The molecule has 2 heterocycles. The van der Waals surface area contributed by atoms with E-state index < -0.39 is 0 Å². The summed E-state index contributed by atoms with van der Waals surface area (Å²) in [5.74, 6) is 0.190. The molecule has 2 aromatic carbocycles. The number of pyridine rings is 1. The van der Waals surface area contributed by atoms with Gasteiger partial charge in [-0.2, -0.15) is 0 Å². The van der Waals surface area contributed by atoms with Crippen molar-refractivity contribution in [2.75, 3.05) is 5.32 Å². The molecule has 0 saturated carbocycles. The lowest BCUT2D eigenvalue weighted by Crippen LogP contribution is -2.13. The minimum Gasteiger partial charge on any atom is -0.448 e. The highest BCUT2D eigenvalue weighted by atomic mass is 16.3. The summed E-state index contributed by atoms with van der Waals surface area (Å²) >= 11 is 0. The summed E-state index contributed by atoms with van der Waals surface area (Å²) in [5, 5.41) is 3.83. The Balaban J connectivity index is 1.63. The Morgan fingerprint density at radius 3 is 2.60 bits per heavy atom. The van der Waals surface area contributed by atoms with Crippen molar-refractivity contribution >= 4 is 22.5 Å². The fourth-order valence-corrected chi connectivity index (χ4v) is 2.70. The summed E-state index contributed by atoms with van der Waals surface area (Å²) < 4.78 is 5.06. The fourth-order valence-electron chi connectivity index (χ4n) is 2.70. The number of benzene rings is 2. The molecule has 0 radical (unpaired) electrons. The van der Waals surface area contributed by atoms with Crippen LogP contribution in [0.15, 0.2) is 71.6 Å². The van der Waals surface area contributed by atoms with E-state index in [2.05, 4.69) is 33.5 Å². The lowest BCUT2D eigenvalue weighted by atomic mass is 10.1. The first-order chi connectivity index (χ1) is 12.2. The average Bonchev–Trinajstić information content (AvgIpc) is 3.08. The number of hydrogen-bond acceptors (Lipinski definition) is 4. The summed E-state index contributed by atoms with van der Waals surface area (Å²) in [6.45, 7) is 1.70. The fraction of sp³-hybridized carbons (Fsp3) is 0.0500. The Hall–Kier alpha value is -3.47. The zero-order valence-electron chi connectivity index (χ0n) is 13.6. The first-order valence-corrected chi connectivity index (χ1v) is 7.87. The molecule has 0 atom stereocenters. The van der Waals surface area contributed by atoms with E-state index in [0.717, 1.165) is 22.0 Å². The molecule has 1 amide bonds. The predicted octanol–water partition coefficient (Wildman–Crippen LogP) is 4.45. The van der Waals surface area contributed by atoms with Crippen molar-refractivity contribution < 1.29 is 9.21 Å². The Morgan fingerprint density at radius 1 is 1.00 bits per heavy atom. The van der Waals surface area contributed by atoms with Crippen LogP contribution >= 0.6 is 0 Å². The molecule has 122 valence electrons. The van der Waals surface area contributed by atoms with Crippen LogP contribution in [0.4, 0.5) is 5.69 Å². The van der Waals surface area contributed by atoms with Gasteiger partial charge in [-0.05, 0) is 30.7 Å². The van der Waals surface area contributed by atoms with Crippen LogP contribution in [-0.2, 0) is 0 Å². The van der Waals surface area contributed by atoms with Gasteiger partial charge in [-0.1, -0.05) is 36.4 Å². The van der Waals surface area contributed by atoms with Crippen molar-refractivity contribution in [3.05, 3.63) is 78.6 Å². The van der Waals surface area contributed by atoms with Crippen molar-refractivity contribution in [2.45, 2.75) is 6.92 Å². The van der Waals surface area contributed by atoms with E-state index in [-0.39, 0.29) is 11.6 Å². The van der Waals surface area contributed by atoms with Crippen LogP contribution < -0.4 is 5.32 Å². The average molecular weight is 329 g/mol. The molecule has 0 aliphatic heterocycles. The lowest BCUT2D eigenvalue weighted by Gasteiger charge is -2.07. The number of nitrogens with one attached hydrogen (secondary N) is 1. The Bertz CT molecular complexity index is 1050. The van der Waals surface area contributed by atoms with Crippen molar-refractivity contribution in [1.82, 2.24) is 9.97 Å². The largest absolute Gasteiger partial charge is 0.448 e. The number of aromatic nitrogens is 2. The molecule has 2 aromatic heterocycles. The second kappa shape index (κ2) is 6.20. The van der Waals surface area contributed by atoms with E-state index in [1.807, 2.05) is 42.6 Å². The maximum absolute atomic E-state index is 12.2. The molecule has 5 nitrogen and oxygen atoms in total. The van der Waals surface area contributed by atoms with E-state index in [1.165, 1.54) is 6.39 Å². The van der Waals surface area contributed by atoms with Gasteiger partial charge in [0.25, 0.3) is 5.91 Å². The van der Waals surface area contributed by atoms with Crippen molar-refractivity contribution in [3.63, 3.8) is 0 Å². The Labute approximate surface area is 144 Å². The number of aryl methyl sites for hydroxylation is 1. The van der Waals surface area contributed by atoms with Crippen LogP contribution in [0.25, 0.3) is 22.0 Å². The van der Waals surface area contributed by atoms with Crippen molar-refractivity contribution in [2.24, 2.45) is 0 Å². The molecule has 4 aromatic rings. The first-order valence-electron chi connectivity index (χ1n) is 7.87. The standard InChI is InChI=1S/C20H15N3O2/c1-13-19(22-12-25-13)20(24)23-17-8-7-15-9-16(11-21-18(15)10-17)14-5-3-2-4-6-14/h2-12H,1H3,(H,23,24). The molecule has 0 saturated heterocycles. The number of rotatable bonds is 3. The molecule has 0 bridgehead atoms. The van der Waals surface area contributed by atoms with Gasteiger partial charge in [-0.3, -0.25) is 9.78 Å². The summed E-state index contributed by atoms with van der Waals surface area (Å²) in [6.07, 6.45) is 3.10. The van der Waals surface area contributed by atoms with Crippen molar-refractivity contribution in [1.29, 1.82) is 0 Å². The third-order valence-corrected chi connectivity index (χ3v) is 4.01. The van der Waals surface area contributed by atoms with E-state index >= 15 is 0 Å². The molecule has 0 aliphatic carbocycles. The van der Waals surface area contributed by atoms with E-state index in [9.17, 15) is 4.79 Å². The number of oxazole rings is 1.